The van der Waals surface area contributed by atoms with Crippen molar-refractivity contribution in [1.29, 1.82) is 0 Å². The summed E-state index contributed by atoms with van der Waals surface area (Å²) >= 11 is 0. The van der Waals surface area contributed by atoms with Crippen LogP contribution in [-0.2, 0) is 0 Å². The second kappa shape index (κ2) is 2.48. The van der Waals surface area contributed by atoms with Gasteiger partial charge in [0.2, 0.25) is 5.88 Å². The van der Waals surface area contributed by atoms with Crippen LogP contribution in [0.4, 0.5) is 0 Å². The van der Waals surface area contributed by atoms with E-state index >= 15 is 0 Å². The van der Waals surface area contributed by atoms with Crippen molar-refractivity contribution in [2.75, 3.05) is 7.11 Å². The predicted octanol–water partition coefficient (Wildman–Crippen LogP) is 1.27. The summed E-state index contributed by atoms with van der Waals surface area (Å²) < 4.78 is 4.97. The van der Waals surface area contributed by atoms with Gasteiger partial charge < -0.3 is 9.72 Å². The van der Waals surface area contributed by atoms with Crippen LogP contribution in [0.2, 0.25) is 0 Å². The van der Waals surface area contributed by atoms with Crippen LogP contribution in [0, 0.1) is 6.92 Å². The third-order valence-corrected chi connectivity index (χ3v) is 1.65. The first kappa shape index (κ1) is 7.09. The van der Waals surface area contributed by atoms with Crippen molar-refractivity contribution < 1.29 is 4.74 Å². The molecule has 2 aromatic heterocycles. The van der Waals surface area contributed by atoms with E-state index in [1.807, 2.05) is 13.0 Å². The molecule has 0 unspecified atom stereocenters. The molecule has 4 nitrogen and oxygen atoms in total. The molecular weight excluding hydrogens is 154 g/mol. The summed E-state index contributed by atoms with van der Waals surface area (Å²) in [6.45, 7) is 1.90. The van der Waals surface area contributed by atoms with Crippen molar-refractivity contribution >= 4 is 11.2 Å². The Balaban J connectivity index is 2.66. The highest BCUT2D eigenvalue weighted by atomic mass is 16.5. The van der Waals surface area contributed by atoms with Crippen LogP contribution in [0.1, 0.15) is 5.82 Å². The predicted molar refractivity (Wildman–Crippen MR) is 45.2 cm³/mol. The fraction of sp³-hybridized carbons (Fsp3) is 0.250. The minimum atomic E-state index is 0.592. The number of aromatic amines is 1. The molecule has 0 aliphatic carbocycles. The van der Waals surface area contributed by atoms with Crippen molar-refractivity contribution in [2.24, 2.45) is 0 Å². The maximum atomic E-state index is 4.97. The minimum Gasteiger partial charge on any atom is -0.481 e. The summed E-state index contributed by atoms with van der Waals surface area (Å²) in [5, 5.41) is 0. The molecule has 4 heteroatoms. The average Bonchev–Trinajstić information content (AvgIpc) is 2.43. The molecule has 0 aliphatic rings. The van der Waals surface area contributed by atoms with Gasteiger partial charge in [-0.15, -0.1) is 0 Å². The second-order valence-electron chi connectivity index (χ2n) is 2.55. The Morgan fingerprint density at radius 2 is 2.17 bits per heavy atom. The second-order valence-corrected chi connectivity index (χ2v) is 2.55. The van der Waals surface area contributed by atoms with Gasteiger partial charge in [0.25, 0.3) is 0 Å². The Labute approximate surface area is 69.6 Å². The number of pyridine rings is 1. The van der Waals surface area contributed by atoms with E-state index in [-0.39, 0.29) is 0 Å². The Morgan fingerprint density at radius 1 is 1.33 bits per heavy atom. The smallest absolute Gasteiger partial charge is 0.215 e. The van der Waals surface area contributed by atoms with E-state index < -0.39 is 0 Å². The minimum absolute atomic E-state index is 0.592. The summed E-state index contributed by atoms with van der Waals surface area (Å²) in [6, 6.07) is 3.71. The number of hydrogen-bond acceptors (Lipinski definition) is 3. The molecule has 0 bridgehead atoms. The molecule has 0 aliphatic heterocycles. The van der Waals surface area contributed by atoms with Gasteiger partial charge in [-0.25, -0.2) is 4.98 Å². The zero-order chi connectivity index (χ0) is 8.55. The molecule has 0 saturated heterocycles. The van der Waals surface area contributed by atoms with Gasteiger partial charge >= 0.3 is 0 Å². The topological polar surface area (TPSA) is 50.8 Å². The Bertz CT molecular complexity index is 408. The van der Waals surface area contributed by atoms with Crippen LogP contribution in [0.3, 0.4) is 0 Å². The molecule has 0 spiro atoms. The summed E-state index contributed by atoms with van der Waals surface area (Å²) in [4.78, 5) is 11.4. The summed E-state index contributed by atoms with van der Waals surface area (Å²) in [6.07, 6.45) is 0. The molecule has 0 amide bonds. The van der Waals surface area contributed by atoms with Gasteiger partial charge in [-0.05, 0) is 13.0 Å². The molecule has 2 aromatic rings. The Morgan fingerprint density at radius 3 is 2.92 bits per heavy atom. The lowest BCUT2D eigenvalue weighted by atomic mass is 10.4. The van der Waals surface area contributed by atoms with Crippen molar-refractivity contribution in [3.05, 3.63) is 18.0 Å². The van der Waals surface area contributed by atoms with Crippen molar-refractivity contribution in [3.8, 4) is 5.88 Å². The van der Waals surface area contributed by atoms with E-state index in [1.54, 1.807) is 13.2 Å². The van der Waals surface area contributed by atoms with E-state index in [4.69, 9.17) is 4.74 Å². The number of hydrogen-bond donors (Lipinski definition) is 1. The van der Waals surface area contributed by atoms with Crippen LogP contribution in [0.5, 0.6) is 5.88 Å². The van der Waals surface area contributed by atoms with Crippen LogP contribution < -0.4 is 4.74 Å². The molecule has 0 atom stereocenters. The number of imidazole rings is 1. The summed E-state index contributed by atoms with van der Waals surface area (Å²) in [7, 11) is 1.59. The fourth-order valence-electron chi connectivity index (χ4n) is 1.11. The first-order chi connectivity index (χ1) is 5.79. The van der Waals surface area contributed by atoms with E-state index in [1.165, 1.54) is 0 Å². The third-order valence-electron chi connectivity index (χ3n) is 1.65. The number of aromatic nitrogens is 3. The standard InChI is InChI=1S/C8H9N3O/c1-5-9-6-3-4-7(12-2)11-8(6)10-5/h3-4H,1-2H3,(H,9,10,11). The monoisotopic (exact) mass is 163 g/mol. The fourth-order valence-corrected chi connectivity index (χ4v) is 1.11. The highest BCUT2D eigenvalue weighted by molar-refractivity contribution is 5.71. The molecule has 2 heterocycles. The lowest BCUT2D eigenvalue weighted by molar-refractivity contribution is 0.399. The maximum Gasteiger partial charge on any atom is 0.215 e. The van der Waals surface area contributed by atoms with Gasteiger partial charge in [0.05, 0.1) is 12.6 Å². The highest BCUT2D eigenvalue weighted by Crippen LogP contribution is 2.13. The van der Waals surface area contributed by atoms with Gasteiger partial charge in [0.15, 0.2) is 5.65 Å². The lowest BCUT2D eigenvalue weighted by Gasteiger charge is -1.95. The molecule has 0 fully saturated rings. The van der Waals surface area contributed by atoms with Crippen molar-refractivity contribution in [2.45, 2.75) is 6.92 Å². The van der Waals surface area contributed by atoms with E-state index in [9.17, 15) is 0 Å². The zero-order valence-electron chi connectivity index (χ0n) is 6.96. The number of methoxy groups -OCH3 is 1. The van der Waals surface area contributed by atoms with Crippen LogP contribution in [0.15, 0.2) is 12.1 Å². The van der Waals surface area contributed by atoms with Gasteiger partial charge in [-0.1, -0.05) is 0 Å². The number of nitrogens with zero attached hydrogens (tertiary/aromatic N) is 2. The van der Waals surface area contributed by atoms with Crippen LogP contribution in [-0.4, -0.2) is 22.1 Å². The normalized spacial score (nSPS) is 10.5. The molecule has 0 aromatic carbocycles. The largest absolute Gasteiger partial charge is 0.481 e. The highest BCUT2D eigenvalue weighted by Gasteiger charge is 2.01. The van der Waals surface area contributed by atoms with Gasteiger partial charge in [-0.2, -0.15) is 4.98 Å². The molecule has 12 heavy (non-hydrogen) atoms. The molecule has 0 saturated carbocycles. The van der Waals surface area contributed by atoms with E-state index in [2.05, 4.69) is 15.0 Å². The molecule has 0 radical (unpaired) electrons. The number of fused-ring (bicyclic) bond motifs is 1. The van der Waals surface area contributed by atoms with Gasteiger partial charge in [-0.3, -0.25) is 0 Å². The van der Waals surface area contributed by atoms with Gasteiger partial charge in [0.1, 0.15) is 5.82 Å². The Kier molecular flexibility index (Phi) is 1.46. The number of rotatable bonds is 1. The number of H-pyrrole nitrogens is 1. The molecule has 62 valence electrons. The number of ether oxygens (including phenoxy) is 1. The van der Waals surface area contributed by atoms with Crippen molar-refractivity contribution in [1.82, 2.24) is 15.0 Å². The quantitative estimate of drug-likeness (QED) is 0.688. The van der Waals surface area contributed by atoms with E-state index in [0.29, 0.717) is 11.5 Å². The Hall–Kier alpha value is -1.58. The maximum absolute atomic E-state index is 4.97. The van der Waals surface area contributed by atoms with Crippen LogP contribution in [0.25, 0.3) is 11.2 Å². The van der Waals surface area contributed by atoms with Crippen LogP contribution >= 0.6 is 0 Å². The van der Waals surface area contributed by atoms with Crippen molar-refractivity contribution in [3.63, 3.8) is 0 Å². The number of aryl methyl sites for hydroxylation is 1. The zero-order valence-corrected chi connectivity index (χ0v) is 6.96. The first-order valence-electron chi connectivity index (χ1n) is 3.67. The SMILES string of the molecule is COc1ccc2[nH]c(C)nc2n1. The summed E-state index contributed by atoms with van der Waals surface area (Å²) in [5.41, 5.74) is 1.64. The third kappa shape index (κ3) is 1.01. The van der Waals surface area contributed by atoms with Gasteiger partial charge in [0, 0.05) is 6.07 Å². The lowest BCUT2D eigenvalue weighted by Crippen LogP contribution is -1.86. The molecule has 2 rings (SSSR count). The average molecular weight is 163 g/mol. The first-order valence-corrected chi connectivity index (χ1v) is 3.67. The number of nitrogens with one attached hydrogen (secondary N) is 1. The molecule has 1 N–H and O–H groups in total. The summed E-state index contributed by atoms with van der Waals surface area (Å²) in [5.74, 6) is 1.46. The van der Waals surface area contributed by atoms with E-state index in [0.717, 1.165) is 11.3 Å². The molecular formula is C8H9N3O.